The Morgan fingerprint density at radius 3 is 2.88 bits per heavy atom. The SMILES string of the molecule is COCCc1nncc2cc(OC)ccc12. The Morgan fingerprint density at radius 1 is 1.25 bits per heavy atom. The minimum Gasteiger partial charge on any atom is -0.497 e. The Bertz CT molecular complexity index is 485. The second-order valence-corrected chi connectivity index (χ2v) is 3.49. The monoisotopic (exact) mass is 218 g/mol. The molecule has 84 valence electrons. The molecule has 4 heteroatoms. The zero-order valence-electron chi connectivity index (χ0n) is 9.43. The number of methoxy groups -OCH3 is 2. The molecule has 0 radical (unpaired) electrons. The smallest absolute Gasteiger partial charge is 0.119 e. The van der Waals surface area contributed by atoms with Gasteiger partial charge in [-0.3, -0.25) is 0 Å². The molecule has 4 nitrogen and oxygen atoms in total. The predicted molar refractivity (Wildman–Crippen MR) is 61.7 cm³/mol. The molecule has 0 aliphatic carbocycles. The lowest BCUT2D eigenvalue weighted by atomic mass is 10.1. The first-order chi connectivity index (χ1) is 7.85. The Balaban J connectivity index is 2.43. The van der Waals surface area contributed by atoms with E-state index in [1.54, 1.807) is 20.4 Å². The number of benzene rings is 1. The standard InChI is InChI=1S/C12H14N2O2/c1-15-6-5-12-11-4-3-10(16-2)7-9(11)8-13-14-12/h3-4,7-8H,5-6H2,1-2H3. The fourth-order valence-electron chi connectivity index (χ4n) is 1.64. The first kappa shape index (κ1) is 10.8. The normalized spacial score (nSPS) is 10.6. The molecule has 1 heterocycles. The maximum Gasteiger partial charge on any atom is 0.119 e. The van der Waals surface area contributed by atoms with E-state index in [2.05, 4.69) is 10.2 Å². The molecule has 1 aromatic carbocycles. The van der Waals surface area contributed by atoms with E-state index >= 15 is 0 Å². The largest absolute Gasteiger partial charge is 0.497 e. The van der Waals surface area contributed by atoms with Crippen LogP contribution in [0.1, 0.15) is 5.69 Å². The molecule has 0 spiro atoms. The molecule has 0 aliphatic heterocycles. The van der Waals surface area contributed by atoms with Gasteiger partial charge in [0.1, 0.15) is 5.75 Å². The highest BCUT2D eigenvalue weighted by molar-refractivity contribution is 5.84. The predicted octanol–water partition coefficient (Wildman–Crippen LogP) is 1.83. The van der Waals surface area contributed by atoms with Gasteiger partial charge in [-0.1, -0.05) is 0 Å². The van der Waals surface area contributed by atoms with Crippen molar-refractivity contribution >= 4 is 10.8 Å². The molecular weight excluding hydrogens is 204 g/mol. The Hall–Kier alpha value is -1.68. The van der Waals surface area contributed by atoms with Gasteiger partial charge in [0.2, 0.25) is 0 Å². The van der Waals surface area contributed by atoms with Crippen molar-refractivity contribution in [3.8, 4) is 5.75 Å². The van der Waals surface area contributed by atoms with Gasteiger partial charge in [-0.2, -0.15) is 10.2 Å². The van der Waals surface area contributed by atoms with Gasteiger partial charge < -0.3 is 9.47 Å². The summed E-state index contributed by atoms with van der Waals surface area (Å²) in [5, 5.41) is 10.3. The van der Waals surface area contributed by atoms with Crippen LogP contribution in [-0.4, -0.2) is 31.0 Å². The van der Waals surface area contributed by atoms with E-state index < -0.39 is 0 Å². The quantitative estimate of drug-likeness (QED) is 0.785. The third kappa shape index (κ3) is 2.12. The molecule has 0 atom stereocenters. The third-order valence-electron chi connectivity index (χ3n) is 2.49. The maximum atomic E-state index is 5.17. The number of fused-ring (bicyclic) bond motifs is 1. The molecule has 0 bridgehead atoms. The van der Waals surface area contributed by atoms with Crippen LogP contribution in [0.2, 0.25) is 0 Å². The number of ether oxygens (including phenoxy) is 2. The van der Waals surface area contributed by atoms with Crippen molar-refractivity contribution in [1.82, 2.24) is 10.2 Å². The first-order valence-corrected chi connectivity index (χ1v) is 5.12. The van der Waals surface area contributed by atoms with Crippen LogP contribution in [0.3, 0.4) is 0 Å². The molecule has 0 aliphatic rings. The van der Waals surface area contributed by atoms with Crippen LogP contribution in [0.15, 0.2) is 24.4 Å². The number of nitrogens with zero attached hydrogens (tertiary/aromatic N) is 2. The number of hydrogen-bond acceptors (Lipinski definition) is 4. The highest BCUT2D eigenvalue weighted by Gasteiger charge is 2.04. The second kappa shape index (κ2) is 4.90. The van der Waals surface area contributed by atoms with E-state index in [9.17, 15) is 0 Å². The third-order valence-corrected chi connectivity index (χ3v) is 2.49. The fourth-order valence-corrected chi connectivity index (χ4v) is 1.64. The first-order valence-electron chi connectivity index (χ1n) is 5.12. The summed E-state index contributed by atoms with van der Waals surface area (Å²) in [5.74, 6) is 0.832. The van der Waals surface area contributed by atoms with Crippen LogP contribution >= 0.6 is 0 Å². The molecule has 0 N–H and O–H groups in total. The van der Waals surface area contributed by atoms with Gasteiger partial charge in [-0.05, 0) is 18.2 Å². The maximum absolute atomic E-state index is 5.17. The van der Waals surface area contributed by atoms with Gasteiger partial charge in [-0.15, -0.1) is 0 Å². The average Bonchev–Trinajstić information content (AvgIpc) is 2.35. The minimum absolute atomic E-state index is 0.653. The molecule has 0 fully saturated rings. The summed E-state index contributed by atoms with van der Waals surface area (Å²) in [4.78, 5) is 0. The van der Waals surface area contributed by atoms with Crippen molar-refractivity contribution < 1.29 is 9.47 Å². The summed E-state index contributed by atoms with van der Waals surface area (Å²) in [6, 6.07) is 5.90. The minimum atomic E-state index is 0.653. The van der Waals surface area contributed by atoms with Crippen molar-refractivity contribution in [3.63, 3.8) is 0 Å². The van der Waals surface area contributed by atoms with E-state index in [1.807, 2.05) is 18.2 Å². The highest BCUT2D eigenvalue weighted by Crippen LogP contribution is 2.21. The summed E-state index contributed by atoms with van der Waals surface area (Å²) >= 11 is 0. The highest BCUT2D eigenvalue weighted by atomic mass is 16.5. The van der Waals surface area contributed by atoms with Gasteiger partial charge in [0.05, 0.1) is 25.6 Å². The molecule has 16 heavy (non-hydrogen) atoms. The van der Waals surface area contributed by atoms with E-state index in [-0.39, 0.29) is 0 Å². The average molecular weight is 218 g/mol. The van der Waals surface area contributed by atoms with Gasteiger partial charge >= 0.3 is 0 Å². The van der Waals surface area contributed by atoms with Crippen molar-refractivity contribution in [2.24, 2.45) is 0 Å². The van der Waals surface area contributed by atoms with Gasteiger partial charge in [0.25, 0.3) is 0 Å². The molecule has 1 aromatic heterocycles. The molecule has 0 saturated heterocycles. The number of hydrogen-bond donors (Lipinski definition) is 0. The van der Waals surface area contributed by atoms with Gasteiger partial charge in [-0.25, -0.2) is 0 Å². The van der Waals surface area contributed by atoms with Crippen LogP contribution in [0, 0.1) is 0 Å². The van der Waals surface area contributed by atoms with E-state index in [0.717, 1.165) is 28.6 Å². The zero-order valence-corrected chi connectivity index (χ0v) is 9.43. The van der Waals surface area contributed by atoms with Crippen molar-refractivity contribution in [2.45, 2.75) is 6.42 Å². The van der Waals surface area contributed by atoms with E-state index in [0.29, 0.717) is 6.61 Å². The van der Waals surface area contributed by atoms with Gasteiger partial charge in [0, 0.05) is 24.3 Å². The molecule has 0 unspecified atom stereocenters. The summed E-state index contributed by atoms with van der Waals surface area (Å²) in [7, 11) is 3.34. The summed E-state index contributed by atoms with van der Waals surface area (Å²) in [6.07, 6.45) is 2.52. The van der Waals surface area contributed by atoms with Crippen molar-refractivity contribution in [1.29, 1.82) is 0 Å². The van der Waals surface area contributed by atoms with Gasteiger partial charge in [0.15, 0.2) is 0 Å². The number of aromatic nitrogens is 2. The van der Waals surface area contributed by atoms with E-state index in [4.69, 9.17) is 9.47 Å². The summed E-state index contributed by atoms with van der Waals surface area (Å²) < 4.78 is 10.2. The van der Waals surface area contributed by atoms with Crippen LogP contribution in [0.4, 0.5) is 0 Å². The van der Waals surface area contributed by atoms with E-state index in [1.165, 1.54) is 0 Å². The van der Waals surface area contributed by atoms with Crippen LogP contribution in [0.25, 0.3) is 10.8 Å². The summed E-state index contributed by atoms with van der Waals surface area (Å²) in [5.41, 5.74) is 0.960. The molecular formula is C12H14N2O2. The Morgan fingerprint density at radius 2 is 2.12 bits per heavy atom. The lowest BCUT2D eigenvalue weighted by Gasteiger charge is -2.05. The molecule has 2 rings (SSSR count). The Kier molecular flexibility index (Phi) is 3.31. The second-order valence-electron chi connectivity index (χ2n) is 3.49. The molecule has 2 aromatic rings. The Labute approximate surface area is 94.2 Å². The fraction of sp³-hybridized carbons (Fsp3) is 0.333. The van der Waals surface area contributed by atoms with Crippen LogP contribution in [-0.2, 0) is 11.2 Å². The van der Waals surface area contributed by atoms with Crippen LogP contribution < -0.4 is 4.74 Å². The van der Waals surface area contributed by atoms with Crippen LogP contribution in [0.5, 0.6) is 5.75 Å². The topological polar surface area (TPSA) is 44.2 Å². The lowest BCUT2D eigenvalue weighted by Crippen LogP contribution is -2.00. The lowest BCUT2D eigenvalue weighted by molar-refractivity contribution is 0.201. The zero-order chi connectivity index (χ0) is 11.4. The summed E-state index contributed by atoms with van der Waals surface area (Å²) in [6.45, 7) is 0.653. The molecule has 0 amide bonds. The van der Waals surface area contributed by atoms with Crippen molar-refractivity contribution in [3.05, 3.63) is 30.1 Å². The molecule has 0 saturated carbocycles. The van der Waals surface area contributed by atoms with Crippen molar-refractivity contribution in [2.75, 3.05) is 20.8 Å². The number of rotatable bonds is 4.